The highest BCUT2D eigenvalue weighted by molar-refractivity contribution is 5.11. The monoisotopic (exact) mass is 275 g/mol. The lowest BCUT2D eigenvalue weighted by Crippen LogP contribution is -2.19. The van der Waals surface area contributed by atoms with Gasteiger partial charge in [-0.05, 0) is 24.9 Å². The summed E-state index contributed by atoms with van der Waals surface area (Å²) in [5.41, 5.74) is 3.44. The maximum atomic E-state index is 4.47. The second-order valence-corrected chi connectivity index (χ2v) is 5.67. The molecule has 5 heteroatoms. The van der Waals surface area contributed by atoms with E-state index in [0.29, 0.717) is 5.92 Å². The summed E-state index contributed by atoms with van der Waals surface area (Å²) in [5.74, 6) is 0.666. The van der Waals surface area contributed by atoms with Crippen molar-refractivity contribution in [2.24, 2.45) is 13.0 Å². The van der Waals surface area contributed by atoms with Crippen molar-refractivity contribution in [3.8, 4) is 0 Å². The molecule has 0 saturated carbocycles. The molecule has 2 aromatic heterocycles. The molecule has 1 N–H and O–H groups in total. The highest BCUT2D eigenvalue weighted by Gasteiger charge is 2.05. The summed E-state index contributed by atoms with van der Waals surface area (Å²) >= 11 is 0. The van der Waals surface area contributed by atoms with E-state index in [1.54, 1.807) is 0 Å². The third-order valence-electron chi connectivity index (χ3n) is 3.28. The second-order valence-electron chi connectivity index (χ2n) is 5.67. The first-order valence-corrected chi connectivity index (χ1v) is 7.31. The molecule has 2 rings (SSSR count). The maximum Gasteiger partial charge on any atom is 0.0953 e. The van der Waals surface area contributed by atoms with Crippen molar-refractivity contribution in [2.45, 2.75) is 40.3 Å². The molecule has 0 bridgehead atoms. The van der Waals surface area contributed by atoms with Gasteiger partial charge in [-0.15, -0.1) is 0 Å². The molecule has 0 aliphatic carbocycles. The lowest BCUT2D eigenvalue weighted by molar-refractivity contribution is 0.548. The van der Waals surface area contributed by atoms with E-state index in [-0.39, 0.29) is 0 Å². The van der Waals surface area contributed by atoms with Crippen LogP contribution in [0.5, 0.6) is 0 Å². The molecule has 0 saturated heterocycles. The topological polar surface area (TPSA) is 47.7 Å². The first-order chi connectivity index (χ1) is 9.58. The van der Waals surface area contributed by atoms with Crippen LogP contribution in [0.2, 0.25) is 0 Å². The Kier molecular flexibility index (Phi) is 4.95. The van der Waals surface area contributed by atoms with Gasteiger partial charge in [0.15, 0.2) is 0 Å². The number of nitrogens with zero attached hydrogens (tertiary/aromatic N) is 4. The van der Waals surface area contributed by atoms with Gasteiger partial charge in [0.05, 0.1) is 30.0 Å². The fourth-order valence-corrected chi connectivity index (χ4v) is 2.15. The zero-order valence-corrected chi connectivity index (χ0v) is 12.9. The van der Waals surface area contributed by atoms with Crippen LogP contribution in [-0.4, -0.2) is 25.9 Å². The van der Waals surface area contributed by atoms with E-state index in [2.05, 4.69) is 53.0 Å². The summed E-state index contributed by atoms with van der Waals surface area (Å²) in [6, 6.07) is 2.16. The standard InChI is InChI=1S/C15H25N5/c1-5-13-6-15(19(4)18-13)10-20-9-14(17-11-20)8-16-7-12(2)3/h6,9,11-12,16H,5,7-8,10H2,1-4H3. The first kappa shape index (κ1) is 14.8. The van der Waals surface area contributed by atoms with Crippen molar-refractivity contribution >= 4 is 0 Å². The van der Waals surface area contributed by atoms with Gasteiger partial charge in [0, 0.05) is 19.8 Å². The largest absolute Gasteiger partial charge is 0.331 e. The summed E-state index contributed by atoms with van der Waals surface area (Å²) in [6.45, 7) is 9.21. The predicted octanol–water partition coefficient (Wildman–Crippen LogP) is 1.97. The van der Waals surface area contributed by atoms with Crippen LogP contribution in [0.4, 0.5) is 0 Å². The highest BCUT2D eigenvalue weighted by Crippen LogP contribution is 2.07. The van der Waals surface area contributed by atoms with E-state index >= 15 is 0 Å². The van der Waals surface area contributed by atoms with Gasteiger partial charge in [-0.1, -0.05) is 20.8 Å². The van der Waals surface area contributed by atoms with Crippen LogP contribution >= 0.6 is 0 Å². The molecule has 0 aliphatic rings. The third kappa shape index (κ3) is 3.93. The fourth-order valence-electron chi connectivity index (χ4n) is 2.15. The molecule has 0 amide bonds. The van der Waals surface area contributed by atoms with E-state index in [9.17, 15) is 0 Å². The molecule has 5 nitrogen and oxygen atoms in total. The van der Waals surface area contributed by atoms with E-state index in [1.165, 1.54) is 5.69 Å². The summed E-state index contributed by atoms with van der Waals surface area (Å²) in [7, 11) is 2.00. The van der Waals surface area contributed by atoms with Crippen molar-refractivity contribution < 1.29 is 0 Å². The van der Waals surface area contributed by atoms with Gasteiger partial charge in [0.1, 0.15) is 0 Å². The number of imidazole rings is 1. The van der Waals surface area contributed by atoms with Gasteiger partial charge in [0.25, 0.3) is 0 Å². The molecule has 0 atom stereocenters. The molecule has 20 heavy (non-hydrogen) atoms. The molecule has 2 heterocycles. The van der Waals surface area contributed by atoms with Gasteiger partial charge in [-0.25, -0.2) is 4.98 Å². The second kappa shape index (κ2) is 6.70. The zero-order valence-electron chi connectivity index (χ0n) is 12.9. The van der Waals surface area contributed by atoms with Crippen molar-refractivity contribution in [3.05, 3.63) is 35.7 Å². The highest BCUT2D eigenvalue weighted by atomic mass is 15.3. The van der Waals surface area contributed by atoms with Crippen LogP contribution in [-0.2, 0) is 26.6 Å². The predicted molar refractivity (Wildman–Crippen MR) is 80.5 cm³/mol. The number of hydrogen-bond donors (Lipinski definition) is 1. The Morgan fingerprint density at radius 3 is 2.75 bits per heavy atom. The van der Waals surface area contributed by atoms with Gasteiger partial charge in [-0.2, -0.15) is 5.10 Å². The first-order valence-electron chi connectivity index (χ1n) is 7.31. The average molecular weight is 275 g/mol. The molecule has 0 fully saturated rings. The summed E-state index contributed by atoms with van der Waals surface area (Å²) in [6.07, 6.45) is 4.97. The quantitative estimate of drug-likeness (QED) is 0.840. The van der Waals surface area contributed by atoms with Crippen molar-refractivity contribution in [2.75, 3.05) is 6.54 Å². The van der Waals surface area contributed by atoms with Crippen LogP contribution in [0.3, 0.4) is 0 Å². The molecule has 0 spiro atoms. The minimum atomic E-state index is 0.666. The molecular formula is C15H25N5. The van der Waals surface area contributed by atoms with Crippen molar-refractivity contribution in [3.63, 3.8) is 0 Å². The van der Waals surface area contributed by atoms with Crippen molar-refractivity contribution in [1.82, 2.24) is 24.6 Å². The average Bonchev–Trinajstić information content (AvgIpc) is 2.97. The van der Waals surface area contributed by atoms with Gasteiger partial charge < -0.3 is 9.88 Å². The minimum Gasteiger partial charge on any atom is -0.331 e. The fraction of sp³-hybridized carbons (Fsp3) is 0.600. The Balaban J connectivity index is 1.93. The molecular weight excluding hydrogens is 250 g/mol. The van der Waals surface area contributed by atoms with E-state index in [1.807, 2.05) is 18.1 Å². The summed E-state index contributed by atoms with van der Waals surface area (Å²) in [4.78, 5) is 4.44. The number of hydrogen-bond acceptors (Lipinski definition) is 3. The van der Waals surface area contributed by atoms with E-state index in [0.717, 1.165) is 37.4 Å². The summed E-state index contributed by atoms with van der Waals surface area (Å²) < 4.78 is 4.07. The van der Waals surface area contributed by atoms with Gasteiger partial charge >= 0.3 is 0 Å². The Morgan fingerprint density at radius 1 is 1.30 bits per heavy atom. The number of aryl methyl sites for hydroxylation is 2. The zero-order chi connectivity index (χ0) is 14.5. The normalized spacial score (nSPS) is 11.4. The minimum absolute atomic E-state index is 0.666. The Morgan fingerprint density at radius 2 is 2.10 bits per heavy atom. The van der Waals surface area contributed by atoms with Crippen LogP contribution < -0.4 is 5.32 Å². The van der Waals surface area contributed by atoms with E-state index < -0.39 is 0 Å². The van der Waals surface area contributed by atoms with E-state index in [4.69, 9.17) is 0 Å². The number of aromatic nitrogens is 4. The molecule has 0 radical (unpaired) electrons. The molecule has 2 aromatic rings. The smallest absolute Gasteiger partial charge is 0.0953 e. The van der Waals surface area contributed by atoms with Crippen LogP contribution in [0, 0.1) is 5.92 Å². The molecule has 0 unspecified atom stereocenters. The number of nitrogens with one attached hydrogen (secondary N) is 1. The Labute approximate surface area is 121 Å². The van der Waals surface area contributed by atoms with Crippen LogP contribution in [0.15, 0.2) is 18.6 Å². The maximum absolute atomic E-state index is 4.47. The Bertz CT molecular complexity index is 538. The lowest BCUT2D eigenvalue weighted by Gasteiger charge is -2.05. The molecule has 0 aliphatic heterocycles. The van der Waals surface area contributed by atoms with Gasteiger partial charge in [-0.3, -0.25) is 4.68 Å². The molecule has 0 aromatic carbocycles. The third-order valence-corrected chi connectivity index (χ3v) is 3.28. The number of rotatable bonds is 7. The SMILES string of the molecule is CCc1cc(Cn2cnc(CNCC(C)C)c2)n(C)n1. The molecule has 110 valence electrons. The van der Waals surface area contributed by atoms with Crippen LogP contribution in [0.1, 0.15) is 37.9 Å². The summed E-state index contributed by atoms with van der Waals surface area (Å²) in [5, 5.41) is 7.88. The van der Waals surface area contributed by atoms with Crippen LogP contribution in [0.25, 0.3) is 0 Å². The Hall–Kier alpha value is -1.62. The van der Waals surface area contributed by atoms with Gasteiger partial charge in [0.2, 0.25) is 0 Å². The van der Waals surface area contributed by atoms with Crippen molar-refractivity contribution in [1.29, 1.82) is 0 Å². The lowest BCUT2D eigenvalue weighted by atomic mass is 10.2.